The number of fused-ring (bicyclic) bond motifs is 2. The van der Waals surface area contributed by atoms with Gasteiger partial charge < -0.3 is 5.32 Å². The second-order valence-electron chi connectivity index (χ2n) is 5.98. The van der Waals surface area contributed by atoms with Gasteiger partial charge in [-0.25, -0.2) is 0 Å². The summed E-state index contributed by atoms with van der Waals surface area (Å²) in [5.74, 6) is 2.90. The van der Waals surface area contributed by atoms with Crippen LogP contribution in [-0.2, 0) is 10.7 Å². The molecule has 1 aromatic carbocycles. The first-order chi connectivity index (χ1) is 9.26. The molecule has 0 spiro atoms. The predicted molar refractivity (Wildman–Crippen MR) is 78.2 cm³/mol. The van der Waals surface area contributed by atoms with Gasteiger partial charge in [-0.2, -0.15) is 0 Å². The van der Waals surface area contributed by atoms with Crippen LogP contribution in [0.5, 0.6) is 0 Å². The molecule has 2 fully saturated rings. The lowest BCUT2D eigenvalue weighted by Gasteiger charge is -2.21. The van der Waals surface area contributed by atoms with Crippen LogP contribution in [0.2, 0.25) is 0 Å². The van der Waals surface area contributed by atoms with E-state index >= 15 is 0 Å². The zero-order valence-electron chi connectivity index (χ0n) is 11.1. The monoisotopic (exact) mass is 277 g/mol. The molecule has 0 radical (unpaired) electrons. The van der Waals surface area contributed by atoms with Crippen molar-refractivity contribution in [1.29, 1.82) is 0 Å². The molecule has 3 atom stereocenters. The van der Waals surface area contributed by atoms with Gasteiger partial charge in [-0.05, 0) is 48.6 Å². The van der Waals surface area contributed by atoms with Gasteiger partial charge >= 0.3 is 0 Å². The number of carbonyl (C=O) groups is 1. The summed E-state index contributed by atoms with van der Waals surface area (Å²) in [4.78, 5) is 12.2. The number of amides is 1. The number of nitrogens with one attached hydrogen (secondary N) is 1. The van der Waals surface area contributed by atoms with E-state index in [0.29, 0.717) is 18.2 Å². The van der Waals surface area contributed by atoms with E-state index in [4.69, 9.17) is 11.6 Å². The maximum atomic E-state index is 12.2. The minimum absolute atomic E-state index is 0.148. The number of benzene rings is 1. The molecule has 102 valence electrons. The molecule has 0 saturated heterocycles. The Morgan fingerprint density at radius 2 is 2.11 bits per heavy atom. The predicted octanol–water partition coefficient (Wildman–Crippen LogP) is 4.19. The van der Waals surface area contributed by atoms with E-state index in [1.807, 2.05) is 24.3 Å². The standard InChI is InChI=1S/C16H20ClNO/c17-10-13-3-1-2-4-15(13)18-16(19)9-14-8-11-5-6-12(14)7-11/h1-4,11-12,14H,5-10H2,(H,18,19). The molecular weight excluding hydrogens is 258 g/mol. The molecule has 3 heteroatoms. The van der Waals surface area contributed by atoms with Gasteiger partial charge in [0.25, 0.3) is 0 Å². The molecule has 3 unspecified atom stereocenters. The Morgan fingerprint density at radius 1 is 1.26 bits per heavy atom. The van der Waals surface area contributed by atoms with E-state index in [1.54, 1.807) is 0 Å². The van der Waals surface area contributed by atoms with Crippen LogP contribution in [-0.4, -0.2) is 5.91 Å². The molecule has 0 aromatic heterocycles. The Kier molecular flexibility index (Phi) is 3.79. The summed E-state index contributed by atoms with van der Waals surface area (Å²) < 4.78 is 0. The zero-order valence-corrected chi connectivity index (χ0v) is 11.8. The molecule has 1 amide bonds. The van der Waals surface area contributed by atoms with Gasteiger partial charge in [0.2, 0.25) is 5.91 Å². The van der Waals surface area contributed by atoms with Gasteiger partial charge in [-0.1, -0.05) is 24.6 Å². The van der Waals surface area contributed by atoms with Crippen molar-refractivity contribution in [3.05, 3.63) is 29.8 Å². The molecule has 19 heavy (non-hydrogen) atoms. The third kappa shape index (κ3) is 2.79. The number of hydrogen-bond acceptors (Lipinski definition) is 1. The van der Waals surface area contributed by atoms with Gasteiger partial charge in [-0.15, -0.1) is 11.6 Å². The Morgan fingerprint density at radius 3 is 2.79 bits per heavy atom. The smallest absolute Gasteiger partial charge is 0.224 e. The van der Waals surface area contributed by atoms with E-state index in [-0.39, 0.29) is 5.91 Å². The summed E-state index contributed by atoms with van der Waals surface area (Å²) in [5, 5.41) is 3.02. The minimum atomic E-state index is 0.148. The molecule has 2 aliphatic carbocycles. The molecule has 0 heterocycles. The normalized spacial score (nSPS) is 28.6. The van der Waals surface area contributed by atoms with Crippen molar-refractivity contribution in [3.8, 4) is 0 Å². The number of carbonyl (C=O) groups excluding carboxylic acids is 1. The third-order valence-corrected chi connectivity index (χ3v) is 5.06. The topological polar surface area (TPSA) is 29.1 Å². The van der Waals surface area contributed by atoms with Crippen molar-refractivity contribution in [2.75, 3.05) is 5.32 Å². The number of para-hydroxylation sites is 1. The number of anilines is 1. The van der Waals surface area contributed by atoms with Gasteiger partial charge in [-0.3, -0.25) is 4.79 Å². The van der Waals surface area contributed by atoms with Crippen molar-refractivity contribution in [2.24, 2.45) is 17.8 Å². The van der Waals surface area contributed by atoms with Gasteiger partial charge in [0.15, 0.2) is 0 Å². The summed E-state index contributed by atoms with van der Waals surface area (Å²) in [5.41, 5.74) is 1.86. The summed E-state index contributed by atoms with van der Waals surface area (Å²) >= 11 is 5.89. The van der Waals surface area contributed by atoms with Gasteiger partial charge in [0, 0.05) is 18.0 Å². The highest BCUT2D eigenvalue weighted by molar-refractivity contribution is 6.17. The number of halogens is 1. The van der Waals surface area contributed by atoms with Crippen molar-refractivity contribution in [1.82, 2.24) is 0 Å². The van der Waals surface area contributed by atoms with Crippen LogP contribution in [0, 0.1) is 17.8 Å². The summed E-state index contributed by atoms with van der Waals surface area (Å²) in [6.07, 6.45) is 6.02. The highest BCUT2D eigenvalue weighted by Crippen LogP contribution is 2.49. The highest BCUT2D eigenvalue weighted by Gasteiger charge is 2.40. The van der Waals surface area contributed by atoms with Crippen LogP contribution in [0.15, 0.2) is 24.3 Å². The lowest BCUT2D eigenvalue weighted by molar-refractivity contribution is -0.117. The van der Waals surface area contributed by atoms with Crippen LogP contribution in [0.3, 0.4) is 0 Å². The van der Waals surface area contributed by atoms with Crippen molar-refractivity contribution < 1.29 is 4.79 Å². The molecular formula is C16H20ClNO. The molecule has 2 aliphatic rings. The summed E-state index contributed by atoms with van der Waals surface area (Å²) in [6.45, 7) is 0. The van der Waals surface area contributed by atoms with Gasteiger partial charge in [0.1, 0.15) is 0 Å². The zero-order chi connectivity index (χ0) is 13.2. The first-order valence-electron chi connectivity index (χ1n) is 7.20. The maximum absolute atomic E-state index is 12.2. The summed E-state index contributed by atoms with van der Waals surface area (Å²) in [6, 6.07) is 7.77. The average molecular weight is 278 g/mol. The maximum Gasteiger partial charge on any atom is 0.224 e. The minimum Gasteiger partial charge on any atom is -0.326 e. The van der Waals surface area contributed by atoms with Crippen LogP contribution < -0.4 is 5.32 Å². The highest BCUT2D eigenvalue weighted by atomic mass is 35.5. The Balaban J connectivity index is 1.59. The molecule has 3 rings (SSSR count). The third-order valence-electron chi connectivity index (χ3n) is 4.77. The first kappa shape index (κ1) is 13.0. The van der Waals surface area contributed by atoms with E-state index in [2.05, 4.69) is 5.32 Å². The molecule has 2 saturated carbocycles. The van der Waals surface area contributed by atoms with E-state index in [1.165, 1.54) is 25.7 Å². The fourth-order valence-corrected chi connectivity index (χ4v) is 4.06. The van der Waals surface area contributed by atoms with Crippen LogP contribution >= 0.6 is 11.6 Å². The average Bonchev–Trinajstić information content (AvgIpc) is 3.01. The Bertz CT molecular complexity index is 474. The SMILES string of the molecule is O=C(CC1CC2CCC1C2)Nc1ccccc1CCl. The second-order valence-corrected chi connectivity index (χ2v) is 6.25. The van der Waals surface area contributed by atoms with E-state index < -0.39 is 0 Å². The van der Waals surface area contributed by atoms with E-state index in [9.17, 15) is 4.79 Å². The fraction of sp³-hybridized carbons (Fsp3) is 0.562. The van der Waals surface area contributed by atoms with Crippen molar-refractivity contribution in [3.63, 3.8) is 0 Å². The van der Waals surface area contributed by atoms with Crippen LogP contribution in [0.4, 0.5) is 5.69 Å². The van der Waals surface area contributed by atoms with Crippen LogP contribution in [0.25, 0.3) is 0 Å². The van der Waals surface area contributed by atoms with Crippen molar-refractivity contribution >= 4 is 23.2 Å². The molecule has 1 aromatic rings. The lowest BCUT2D eigenvalue weighted by atomic mass is 9.86. The van der Waals surface area contributed by atoms with Crippen LogP contribution in [0.1, 0.15) is 37.7 Å². The van der Waals surface area contributed by atoms with Gasteiger partial charge in [0.05, 0.1) is 0 Å². The molecule has 2 nitrogen and oxygen atoms in total. The quantitative estimate of drug-likeness (QED) is 0.822. The first-order valence-corrected chi connectivity index (χ1v) is 7.73. The largest absolute Gasteiger partial charge is 0.326 e. The fourth-order valence-electron chi connectivity index (χ4n) is 3.82. The lowest BCUT2D eigenvalue weighted by Crippen LogP contribution is -2.20. The van der Waals surface area contributed by atoms with E-state index in [0.717, 1.165) is 23.1 Å². The number of alkyl halides is 1. The number of hydrogen-bond donors (Lipinski definition) is 1. The number of rotatable bonds is 4. The Hall–Kier alpha value is -1.02. The summed E-state index contributed by atoms with van der Waals surface area (Å²) in [7, 11) is 0. The van der Waals surface area contributed by atoms with Crippen molar-refractivity contribution in [2.45, 2.75) is 38.0 Å². The molecule has 1 N–H and O–H groups in total. The Labute approximate surface area is 119 Å². The second kappa shape index (κ2) is 5.54. The molecule has 0 aliphatic heterocycles. The molecule has 2 bridgehead atoms.